The van der Waals surface area contributed by atoms with Gasteiger partial charge in [0.15, 0.2) is 0 Å². The Morgan fingerprint density at radius 2 is 2.00 bits per heavy atom. The number of benzene rings is 1. The number of hydrogen-bond acceptors (Lipinski definition) is 3. The maximum absolute atomic E-state index is 9.98. The molecule has 4 heteroatoms. The van der Waals surface area contributed by atoms with Crippen molar-refractivity contribution in [2.45, 2.75) is 31.9 Å². The summed E-state index contributed by atoms with van der Waals surface area (Å²) >= 11 is 8.25. The molecular weight excluding hydrogens is 278 g/mol. The van der Waals surface area contributed by atoms with Crippen molar-refractivity contribution in [3.8, 4) is 0 Å². The number of fused-ring (bicyclic) bond motifs is 1. The molecule has 1 aromatic carbocycles. The van der Waals surface area contributed by atoms with Crippen LogP contribution in [-0.4, -0.2) is 28.7 Å². The van der Waals surface area contributed by atoms with E-state index < -0.39 is 5.60 Å². The topological polar surface area (TPSA) is 23.5 Å². The van der Waals surface area contributed by atoms with Crippen LogP contribution in [0.1, 0.15) is 24.6 Å². The number of nitrogens with zero attached hydrogens (tertiary/aromatic N) is 1. The van der Waals surface area contributed by atoms with Crippen molar-refractivity contribution >= 4 is 33.0 Å². The molecule has 0 saturated carbocycles. The summed E-state index contributed by atoms with van der Waals surface area (Å²) < 4.78 is 1.26. The molecule has 1 saturated heterocycles. The standard InChI is InChI=1S/C15H18ClNOS/c1-15(18)6-8-17(9-7-15)10-13-14(16)11-4-2-3-5-12(11)19-13/h2-5,18H,6-10H2,1H3. The molecule has 0 unspecified atom stereocenters. The first-order chi connectivity index (χ1) is 9.05. The number of thiophene rings is 1. The van der Waals surface area contributed by atoms with Crippen LogP contribution < -0.4 is 0 Å². The summed E-state index contributed by atoms with van der Waals surface area (Å²) in [5.41, 5.74) is -0.486. The molecule has 1 N–H and O–H groups in total. The third kappa shape index (κ3) is 2.79. The van der Waals surface area contributed by atoms with Crippen molar-refractivity contribution in [1.29, 1.82) is 0 Å². The number of rotatable bonds is 2. The van der Waals surface area contributed by atoms with Crippen LogP contribution in [0.4, 0.5) is 0 Å². The minimum Gasteiger partial charge on any atom is -0.390 e. The lowest BCUT2D eigenvalue weighted by Crippen LogP contribution is -2.41. The molecule has 1 aliphatic rings. The van der Waals surface area contributed by atoms with Gasteiger partial charge in [-0.2, -0.15) is 0 Å². The summed E-state index contributed by atoms with van der Waals surface area (Å²) in [7, 11) is 0. The first kappa shape index (κ1) is 13.4. The average molecular weight is 296 g/mol. The summed E-state index contributed by atoms with van der Waals surface area (Å²) in [6.07, 6.45) is 1.69. The number of piperidine rings is 1. The van der Waals surface area contributed by atoms with Gasteiger partial charge in [0.1, 0.15) is 0 Å². The zero-order valence-electron chi connectivity index (χ0n) is 11.0. The molecule has 2 nitrogen and oxygen atoms in total. The monoisotopic (exact) mass is 295 g/mol. The molecule has 1 aromatic heterocycles. The summed E-state index contributed by atoms with van der Waals surface area (Å²) in [4.78, 5) is 3.62. The maximum atomic E-state index is 9.98. The van der Waals surface area contributed by atoms with Gasteiger partial charge in [0.2, 0.25) is 0 Å². The fraction of sp³-hybridized carbons (Fsp3) is 0.467. The zero-order chi connectivity index (χ0) is 13.5. The van der Waals surface area contributed by atoms with Gasteiger partial charge in [-0.1, -0.05) is 29.8 Å². The molecule has 0 aliphatic carbocycles. The van der Waals surface area contributed by atoms with Crippen LogP contribution in [0, 0.1) is 0 Å². The number of aliphatic hydroxyl groups is 1. The second kappa shape index (κ2) is 5.06. The van der Waals surface area contributed by atoms with E-state index in [4.69, 9.17) is 11.6 Å². The van der Waals surface area contributed by atoms with E-state index in [9.17, 15) is 5.11 Å². The molecule has 0 atom stereocenters. The van der Waals surface area contributed by atoms with Crippen LogP contribution in [-0.2, 0) is 6.54 Å². The molecule has 3 rings (SSSR count). The average Bonchev–Trinajstić information content (AvgIpc) is 2.70. The second-order valence-electron chi connectivity index (χ2n) is 5.61. The van der Waals surface area contributed by atoms with Gasteiger partial charge < -0.3 is 5.11 Å². The van der Waals surface area contributed by atoms with Gasteiger partial charge in [0, 0.05) is 34.6 Å². The second-order valence-corrected chi connectivity index (χ2v) is 7.12. The van der Waals surface area contributed by atoms with E-state index in [2.05, 4.69) is 23.1 Å². The van der Waals surface area contributed by atoms with Crippen molar-refractivity contribution in [3.05, 3.63) is 34.2 Å². The van der Waals surface area contributed by atoms with E-state index in [0.29, 0.717) is 0 Å². The van der Waals surface area contributed by atoms with E-state index in [1.807, 2.05) is 13.0 Å². The Bertz CT molecular complexity index is 583. The summed E-state index contributed by atoms with van der Waals surface area (Å²) in [6, 6.07) is 8.29. The lowest BCUT2D eigenvalue weighted by molar-refractivity contribution is -0.00705. The van der Waals surface area contributed by atoms with Crippen molar-refractivity contribution in [3.63, 3.8) is 0 Å². The predicted octanol–water partition coefficient (Wildman–Crippen LogP) is 3.90. The molecule has 19 heavy (non-hydrogen) atoms. The summed E-state index contributed by atoms with van der Waals surface area (Å²) in [5.74, 6) is 0. The van der Waals surface area contributed by atoms with Gasteiger partial charge in [-0.05, 0) is 25.8 Å². The zero-order valence-corrected chi connectivity index (χ0v) is 12.6. The summed E-state index contributed by atoms with van der Waals surface area (Å²) in [5, 5.41) is 12.0. The molecule has 0 radical (unpaired) electrons. The van der Waals surface area contributed by atoms with Gasteiger partial charge in [-0.3, -0.25) is 4.90 Å². The van der Waals surface area contributed by atoms with Crippen LogP contribution >= 0.6 is 22.9 Å². The first-order valence-electron chi connectivity index (χ1n) is 6.66. The third-order valence-corrected chi connectivity index (χ3v) is 5.60. The number of likely N-dealkylation sites (tertiary alicyclic amines) is 1. The van der Waals surface area contributed by atoms with Crippen molar-refractivity contribution in [2.24, 2.45) is 0 Å². The minimum atomic E-state index is -0.486. The smallest absolute Gasteiger partial charge is 0.0644 e. The summed E-state index contributed by atoms with van der Waals surface area (Å²) in [6.45, 7) is 4.71. The highest BCUT2D eigenvalue weighted by Crippen LogP contribution is 2.36. The highest BCUT2D eigenvalue weighted by atomic mass is 35.5. The molecule has 2 aromatic rings. The fourth-order valence-electron chi connectivity index (χ4n) is 2.56. The Morgan fingerprint density at radius 3 is 2.68 bits per heavy atom. The fourth-order valence-corrected chi connectivity index (χ4v) is 4.10. The van der Waals surface area contributed by atoms with Gasteiger partial charge >= 0.3 is 0 Å². The molecule has 0 amide bonds. The third-order valence-electron chi connectivity index (χ3n) is 3.90. The lowest BCUT2D eigenvalue weighted by Gasteiger charge is -2.35. The highest BCUT2D eigenvalue weighted by Gasteiger charge is 2.27. The number of hydrogen-bond donors (Lipinski definition) is 1. The van der Waals surface area contributed by atoms with Crippen molar-refractivity contribution < 1.29 is 5.11 Å². The Morgan fingerprint density at radius 1 is 1.32 bits per heavy atom. The van der Waals surface area contributed by atoms with Crippen LogP contribution in [0.15, 0.2) is 24.3 Å². The van der Waals surface area contributed by atoms with Crippen LogP contribution in [0.2, 0.25) is 5.02 Å². The molecule has 0 spiro atoms. The van der Waals surface area contributed by atoms with Gasteiger partial charge in [-0.25, -0.2) is 0 Å². The molecular formula is C15H18ClNOS. The van der Waals surface area contributed by atoms with Crippen LogP contribution in [0.5, 0.6) is 0 Å². The molecule has 0 bridgehead atoms. The van der Waals surface area contributed by atoms with Crippen molar-refractivity contribution in [2.75, 3.05) is 13.1 Å². The van der Waals surface area contributed by atoms with E-state index in [1.165, 1.54) is 9.58 Å². The molecule has 1 fully saturated rings. The minimum absolute atomic E-state index is 0.486. The van der Waals surface area contributed by atoms with E-state index >= 15 is 0 Å². The first-order valence-corrected chi connectivity index (χ1v) is 7.85. The quantitative estimate of drug-likeness (QED) is 0.908. The maximum Gasteiger partial charge on any atom is 0.0644 e. The van der Waals surface area contributed by atoms with Gasteiger partial charge in [0.05, 0.1) is 10.6 Å². The van der Waals surface area contributed by atoms with E-state index in [-0.39, 0.29) is 0 Å². The number of halogens is 1. The van der Waals surface area contributed by atoms with E-state index in [1.54, 1.807) is 11.3 Å². The van der Waals surface area contributed by atoms with Crippen LogP contribution in [0.25, 0.3) is 10.1 Å². The van der Waals surface area contributed by atoms with Gasteiger partial charge in [0.25, 0.3) is 0 Å². The SMILES string of the molecule is CC1(O)CCN(Cc2sc3ccccc3c2Cl)CC1. The normalized spacial score (nSPS) is 19.9. The molecule has 1 aliphatic heterocycles. The molecule has 102 valence electrons. The Labute approximate surface area is 122 Å². The largest absolute Gasteiger partial charge is 0.390 e. The highest BCUT2D eigenvalue weighted by molar-refractivity contribution is 7.19. The van der Waals surface area contributed by atoms with E-state index in [0.717, 1.165) is 42.9 Å². The lowest BCUT2D eigenvalue weighted by atomic mass is 9.94. The predicted molar refractivity (Wildman–Crippen MR) is 82.0 cm³/mol. The Balaban J connectivity index is 1.77. The van der Waals surface area contributed by atoms with Gasteiger partial charge in [-0.15, -0.1) is 11.3 Å². The Hall–Kier alpha value is -0.610. The van der Waals surface area contributed by atoms with Crippen molar-refractivity contribution in [1.82, 2.24) is 4.90 Å². The van der Waals surface area contributed by atoms with Crippen LogP contribution in [0.3, 0.4) is 0 Å². The Kier molecular flexibility index (Phi) is 3.56. The molecule has 2 heterocycles.